The van der Waals surface area contributed by atoms with Crippen LogP contribution in [0.2, 0.25) is 0 Å². The Balaban J connectivity index is 1.61. The fourth-order valence-electron chi connectivity index (χ4n) is 9.87. The van der Waals surface area contributed by atoms with E-state index in [9.17, 15) is 29.1 Å². The van der Waals surface area contributed by atoms with Crippen molar-refractivity contribution in [1.29, 1.82) is 0 Å². The number of alkyl carbamates (subject to hydrolysis) is 2. The lowest BCUT2D eigenvalue weighted by molar-refractivity contribution is -0.298. The molecule has 3 aliphatic heterocycles. The molecule has 4 heterocycles. The number of carbonyl (C=O) groups excluding carboxylic acids is 5. The van der Waals surface area contributed by atoms with E-state index < -0.39 is 102 Å². The van der Waals surface area contributed by atoms with Gasteiger partial charge in [-0.05, 0) is 92.6 Å². The Morgan fingerprint density at radius 3 is 2.38 bits per heavy atom. The Morgan fingerprint density at radius 1 is 1.03 bits per heavy atom. The van der Waals surface area contributed by atoms with Crippen molar-refractivity contribution in [1.82, 2.24) is 25.4 Å². The Bertz CT molecular complexity index is 2030. The van der Waals surface area contributed by atoms with E-state index in [1.165, 1.54) is 4.90 Å². The second kappa shape index (κ2) is 21.6. The molecule has 3 fully saturated rings. The van der Waals surface area contributed by atoms with Gasteiger partial charge >= 0.3 is 24.2 Å². The van der Waals surface area contributed by atoms with E-state index in [1.54, 1.807) is 74.6 Å². The summed E-state index contributed by atoms with van der Waals surface area (Å²) in [6.07, 6.45) is -2.93. The lowest BCUT2D eigenvalue weighted by Crippen LogP contribution is -2.61. The summed E-state index contributed by atoms with van der Waals surface area (Å²) in [6.45, 7) is 17.8. The van der Waals surface area contributed by atoms with Gasteiger partial charge in [-0.25, -0.2) is 14.4 Å². The number of likely N-dealkylation sites (N-methyl/N-ethyl adjacent to an activating group) is 1. The second-order valence-electron chi connectivity index (χ2n) is 18.6. The van der Waals surface area contributed by atoms with Gasteiger partial charge in [0.15, 0.2) is 11.9 Å². The number of Topliss-reactive ketones (excluding diaryl/α,β-unsaturated/α-hetero) is 1. The van der Waals surface area contributed by atoms with Gasteiger partial charge in [0.2, 0.25) is 0 Å². The van der Waals surface area contributed by atoms with E-state index in [2.05, 4.69) is 15.6 Å². The highest BCUT2D eigenvalue weighted by atomic mass is 16.7. The van der Waals surface area contributed by atoms with Crippen LogP contribution in [0, 0.1) is 23.7 Å². The number of aliphatic hydroxyl groups is 1. The number of aliphatic hydroxyl groups excluding tert-OH is 1. The fourth-order valence-corrected chi connectivity index (χ4v) is 9.87. The number of nitrogens with zero attached hydrogens (tertiary/aromatic N) is 3. The minimum atomic E-state index is -1.75. The predicted molar refractivity (Wildman–Crippen MR) is 242 cm³/mol. The molecule has 2 aromatic rings. The first-order valence-corrected chi connectivity index (χ1v) is 23.0. The van der Waals surface area contributed by atoms with Crippen LogP contribution >= 0.6 is 0 Å². The van der Waals surface area contributed by atoms with Gasteiger partial charge in [-0.1, -0.05) is 58.0 Å². The van der Waals surface area contributed by atoms with E-state index in [0.717, 1.165) is 16.5 Å². The minimum absolute atomic E-state index is 0.0480. The van der Waals surface area contributed by atoms with Crippen molar-refractivity contribution in [2.75, 3.05) is 33.7 Å². The summed E-state index contributed by atoms with van der Waals surface area (Å²) in [6, 6.07) is 8.40. The molecule has 0 unspecified atom stereocenters. The zero-order valence-corrected chi connectivity index (χ0v) is 40.1. The smallest absolute Gasteiger partial charge is 0.410 e. The number of para-hydroxylation sites is 1. The topological polar surface area (TPSA) is 204 Å². The summed E-state index contributed by atoms with van der Waals surface area (Å²) >= 11 is 0. The van der Waals surface area contributed by atoms with Crippen molar-refractivity contribution >= 4 is 47.0 Å². The lowest BCUT2D eigenvalue weighted by atomic mass is 9.73. The third-order valence-electron chi connectivity index (χ3n) is 13.5. The molecule has 3 N–H and O–H groups in total. The van der Waals surface area contributed by atoms with Gasteiger partial charge in [0.05, 0.1) is 23.6 Å². The van der Waals surface area contributed by atoms with Crippen molar-refractivity contribution in [3.63, 3.8) is 0 Å². The second-order valence-corrected chi connectivity index (χ2v) is 18.6. The van der Waals surface area contributed by atoms with E-state index in [-0.39, 0.29) is 31.3 Å². The molecule has 0 spiro atoms. The number of fused-ring (bicyclic) bond motifs is 2. The van der Waals surface area contributed by atoms with Gasteiger partial charge in [0.1, 0.15) is 35.8 Å². The number of hydrogen-bond donors (Lipinski definition) is 3. The Morgan fingerprint density at radius 2 is 1.72 bits per heavy atom. The third-order valence-corrected chi connectivity index (χ3v) is 13.5. The molecule has 0 bridgehead atoms. The molecular formula is C48H71N5O12. The first-order valence-electron chi connectivity index (χ1n) is 23.0. The van der Waals surface area contributed by atoms with E-state index in [0.29, 0.717) is 19.5 Å². The number of rotatable bonds is 11. The summed E-state index contributed by atoms with van der Waals surface area (Å²) in [5.74, 6) is -4.96. The van der Waals surface area contributed by atoms with E-state index in [4.69, 9.17) is 28.4 Å². The SMILES string of the molecule is CC[C@H]1OC(=O)[C@H](C)[C@@H](OC(=O)N(CC)CC)[C@H](C)[C@@H](O[C@@H]2O[C@H](C)C[C@H](N(C)C)[C@H]2O)[C@](C)(OC(=O)NC/C=C/c2cnc3ccccc3c2)C[C@@H](C)C(=O)[C@H](C)[C@H]2NC(=O)O[C@@]21C. The monoisotopic (exact) mass is 910 g/mol. The number of benzene rings is 1. The molecule has 1 aromatic carbocycles. The first kappa shape index (κ1) is 51.1. The van der Waals surface area contributed by atoms with Crippen molar-refractivity contribution in [2.45, 2.75) is 149 Å². The van der Waals surface area contributed by atoms with Gasteiger partial charge < -0.3 is 54.0 Å². The van der Waals surface area contributed by atoms with E-state index in [1.807, 2.05) is 62.3 Å². The quantitative estimate of drug-likeness (QED) is 0.172. The highest BCUT2D eigenvalue weighted by Crippen LogP contribution is 2.42. The highest BCUT2D eigenvalue weighted by molar-refractivity contribution is 5.85. The standard InChI is InChI=1S/C48H71N5O12/c1-13-36-48(10)40(51-45(58)65-48)29(6)37(54)27(4)25-47(9,64-44(57)49-22-18-19-32-24-33-20-16-17-21-34(33)50-26-32)41(63-43-38(55)35(52(11)12)23-28(5)60-43)30(7)39(31(8)42(56)61-36)62-46(59)53(14-2)15-3/h16-21,24,26-31,35-36,38-41,43,55H,13-15,22-23,25H2,1-12H3,(H,49,57)(H,51,58)/b19-18+/t27-,28-,29+,30+,31-,35+,36-,38-,39+,40-,41-,43+,47-,48-/m1/s1. The number of ether oxygens (including phenoxy) is 6. The Hall–Kier alpha value is -4.84. The normalized spacial score (nSPS) is 34.8. The zero-order valence-electron chi connectivity index (χ0n) is 40.1. The molecule has 1 aromatic heterocycles. The number of pyridine rings is 1. The molecule has 0 saturated carbocycles. The number of nitrogens with one attached hydrogen (secondary N) is 2. The number of ketones is 1. The van der Waals surface area contributed by atoms with Gasteiger partial charge in [-0.2, -0.15) is 0 Å². The minimum Gasteiger partial charge on any atom is -0.458 e. The van der Waals surface area contributed by atoms with Crippen molar-refractivity contribution in [3.8, 4) is 0 Å². The number of cyclic esters (lactones) is 1. The summed E-state index contributed by atoms with van der Waals surface area (Å²) in [4.78, 5) is 78.1. The predicted octanol–water partition coefficient (Wildman–Crippen LogP) is 6.10. The molecule has 65 heavy (non-hydrogen) atoms. The van der Waals surface area contributed by atoms with Gasteiger partial charge in [-0.3, -0.25) is 14.6 Å². The Kier molecular flexibility index (Phi) is 17.0. The van der Waals surface area contributed by atoms with Crippen LogP contribution in [0.1, 0.15) is 94.1 Å². The number of amides is 3. The first-order chi connectivity index (χ1) is 30.7. The van der Waals surface area contributed by atoms with Crippen LogP contribution in [0.15, 0.2) is 42.6 Å². The fraction of sp³-hybridized carbons (Fsp3) is 0.667. The van der Waals surface area contributed by atoms with E-state index >= 15 is 0 Å². The van der Waals surface area contributed by atoms with Gasteiger partial charge in [0, 0.05) is 55.0 Å². The summed E-state index contributed by atoms with van der Waals surface area (Å²) in [5, 5.41) is 18.4. The highest BCUT2D eigenvalue weighted by Gasteiger charge is 2.58. The molecule has 14 atom stereocenters. The number of aromatic nitrogens is 1. The zero-order chi connectivity index (χ0) is 48.0. The van der Waals surface area contributed by atoms with Crippen LogP contribution in [-0.4, -0.2) is 144 Å². The van der Waals surface area contributed by atoms with Crippen molar-refractivity contribution < 1.29 is 57.5 Å². The third kappa shape index (κ3) is 11.6. The van der Waals surface area contributed by atoms with Crippen molar-refractivity contribution in [2.24, 2.45) is 23.7 Å². The average molecular weight is 910 g/mol. The van der Waals surface area contributed by atoms with Crippen molar-refractivity contribution in [3.05, 3.63) is 48.2 Å². The number of hydrogen-bond acceptors (Lipinski definition) is 14. The molecule has 3 aliphatic rings. The molecule has 0 aliphatic carbocycles. The van der Waals surface area contributed by atoms with Gasteiger partial charge in [0.25, 0.3) is 0 Å². The molecule has 17 heteroatoms. The maximum Gasteiger partial charge on any atom is 0.410 e. The Labute approximate surface area is 383 Å². The largest absolute Gasteiger partial charge is 0.458 e. The average Bonchev–Trinajstić information content (AvgIpc) is 3.58. The number of carbonyl (C=O) groups is 5. The van der Waals surface area contributed by atoms with Crippen LogP contribution in [0.3, 0.4) is 0 Å². The van der Waals surface area contributed by atoms with Crippen LogP contribution in [0.5, 0.6) is 0 Å². The summed E-state index contributed by atoms with van der Waals surface area (Å²) in [7, 11) is 3.68. The lowest BCUT2D eigenvalue weighted by Gasteiger charge is -2.48. The molecular weight excluding hydrogens is 839 g/mol. The molecule has 17 nitrogen and oxygen atoms in total. The maximum absolute atomic E-state index is 14.7. The summed E-state index contributed by atoms with van der Waals surface area (Å²) in [5.41, 5.74) is -1.54. The molecule has 360 valence electrons. The molecule has 3 saturated heterocycles. The van der Waals surface area contributed by atoms with Gasteiger partial charge in [-0.15, -0.1) is 0 Å². The molecule has 0 radical (unpaired) electrons. The summed E-state index contributed by atoms with van der Waals surface area (Å²) < 4.78 is 37.9. The van der Waals surface area contributed by atoms with Crippen LogP contribution in [-0.2, 0) is 38.0 Å². The van der Waals surface area contributed by atoms with Crippen LogP contribution in [0.25, 0.3) is 17.0 Å². The van der Waals surface area contributed by atoms with Crippen LogP contribution in [0.4, 0.5) is 14.4 Å². The molecule has 5 rings (SSSR count). The van der Waals surface area contributed by atoms with Crippen LogP contribution < -0.4 is 10.6 Å². The molecule has 3 amide bonds. The number of esters is 1. The maximum atomic E-state index is 14.7.